The van der Waals surface area contributed by atoms with Gasteiger partial charge in [0.2, 0.25) is 5.91 Å². The maximum atomic E-state index is 13.6. The van der Waals surface area contributed by atoms with Crippen molar-refractivity contribution in [2.45, 2.75) is 39.7 Å². The van der Waals surface area contributed by atoms with E-state index in [1.54, 1.807) is 6.07 Å². The molecule has 3 nitrogen and oxygen atoms in total. The number of amides is 1. The summed E-state index contributed by atoms with van der Waals surface area (Å²) in [4.78, 5) is 12.4. The average Bonchev–Trinajstić information content (AvgIpc) is 2.35. The number of carbonyl (C=O) groups is 1. The van der Waals surface area contributed by atoms with Gasteiger partial charge in [0.15, 0.2) is 0 Å². The highest BCUT2D eigenvalue weighted by Gasteiger charge is 2.37. The third kappa shape index (κ3) is 3.20. The lowest BCUT2D eigenvalue weighted by atomic mass is 9.77. The second-order valence-corrected chi connectivity index (χ2v) is 6.90. The molecule has 0 saturated carbocycles. The molecule has 1 unspecified atom stereocenters. The molecule has 20 heavy (non-hydrogen) atoms. The van der Waals surface area contributed by atoms with Crippen LogP contribution >= 0.6 is 15.9 Å². The van der Waals surface area contributed by atoms with Crippen LogP contribution < -0.4 is 10.6 Å². The number of piperidine rings is 1. The lowest BCUT2D eigenvalue weighted by Crippen LogP contribution is -2.53. The van der Waals surface area contributed by atoms with Gasteiger partial charge in [-0.15, -0.1) is 0 Å². The molecule has 0 bridgehead atoms. The quantitative estimate of drug-likeness (QED) is 0.861. The van der Waals surface area contributed by atoms with E-state index in [2.05, 4.69) is 40.4 Å². The molecule has 0 aromatic heterocycles. The second-order valence-electron chi connectivity index (χ2n) is 6.05. The average molecular weight is 343 g/mol. The van der Waals surface area contributed by atoms with E-state index in [9.17, 15) is 9.18 Å². The molecule has 2 rings (SSSR count). The Morgan fingerprint density at radius 1 is 1.50 bits per heavy atom. The zero-order valence-electron chi connectivity index (χ0n) is 12.0. The van der Waals surface area contributed by atoms with Crippen molar-refractivity contribution >= 4 is 27.5 Å². The van der Waals surface area contributed by atoms with Gasteiger partial charge < -0.3 is 10.6 Å². The summed E-state index contributed by atoms with van der Waals surface area (Å²) in [5.41, 5.74) is 1.27. The maximum absolute atomic E-state index is 13.6. The van der Waals surface area contributed by atoms with Crippen LogP contribution in [0.25, 0.3) is 0 Å². The molecule has 0 aliphatic carbocycles. The summed E-state index contributed by atoms with van der Waals surface area (Å²) in [7, 11) is 0. The van der Waals surface area contributed by atoms with Crippen molar-refractivity contribution in [3.8, 4) is 0 Å². The predicted octanol–water partition coefficient (Wildman–Crippen LogP) is 3.61. The number of benzene rings is 1. The van der Waals surface area contributed by atoms with Crippen LogP contribution in [0.2, 0.25) is 0 Å². The zero-order chi connectivity index (χ0) is 14.9. The van der Waals surface area contributed by atoms with E-state index in [0.717, 1.165) is 24.9 Å². The van der Waals surface area contributed by atoms with Crippen LogP contribution in [0, 0.1) is 18.2 Å². The Morgan fingerprint density at radius 3 is 2.85 bits per heavy atom. The highest BCUT2D eigenvalue weighted by atomic mass is 79.9. The number of aryl methyl sites for hydroxylation is 1. The Morgan fingerprint density at radius 2 is 2.20 bits per heavy atom. The minimum absolute atomic E-state index is 0.0931. The van der Waals surface area contributed by atoms with Gasteiger partial charge in [-0.1, -0.05) is 13.8 Å². The fraction of sp³-hybridized carbons (Fsp3) is 0.533. The van der Waals surface area contributed by atoms with E-state index in [-0.39, 0.29) is 23.2 Å². The third-order valence-corrected chi connectivity index (χ3v) is 4.52. The summed E-state index contributed by atoms with van der Waals surface area (Å²) in [6.45, 7) is 6.85. The molecule has 1 aliphatic heterocycles. The topological polar surface area (TPSA) is 41.1 Å². The van der Waals surface area contributed by atoms with E-state index in [1.165, 1.54) is 6.07 Å². The summed E-state index contributed by atoms with van der Waals surface area (Å²) in [5, 5.41) is 6.10. The first-order valence-corrected chi connectivity index (χ1v) is 7.60. The number of anilines is 1. The molecule has 0 spiro atoms. The van der Waals surface area contributed by atoms with Crippen LogP contribution in [-0.2, 0) is 4.79 Å². The Hall–Kier alpha value is -0.940. The highest BCUT2D eigenvalue weighted by Crippen LogP contribution is 2.31. The lowest BCUT2D eigenvalue weighted by Gasteiger charge is -2.38. The normalized spacial score (nSPS) is 21.6. The first-order chi connectivity index (χ1) is 9.31. The second kappa shape index (κ2) is 5.82. The van der Waals surface area contributed by atoms with Crippen LogP contribution in [0.4, 0.5) is 10.1 Å². The first-order valence-electron chi connectivity index (χ1n) is 6.81. The zero-order valence-corrected chi connectivity index (χ0v) is 13.6. The van der Waals surface area contributed by atoms with Gasteiger partial charge in [-0.3, -0.25) is 4.79 Å². The van der Waals surface area contributed by atoms with E-state index >= 15 is 0 Å². The molecule has 1 atom stereocenters. The number of rotatable bonds is 2. The molecule has 1 aromatic rings. The largest absolute Gasteiger partial charge is 0.324 e. The van der Waals surface area contributed by atoms with Gasteiger partial charge in [0.25, 0.3) is 0 Å². The van der Waals surface area contributed by atoms with Gasteiger partial charge in [0.1, 0.15) is 5.82 Å². The van der Waals surface area contributed by atoms with Gasteiger partial charge in [-0.05, 0) is 65.4 Å². The minimum atomic E-state index is -0.373. The van der Waals surface area contributed by atoms with Gasteiger partial charge >= 0.3 is 0 Å². The monoisotopic (exact) mass is 342 g/mol. The molecule has 1 amide bonds. The Bertz CT molecular complexity index is 531. The van der Waals surface area contributed by atoms with Crippen LogP contribution in [0.1, 0.15) is 32.3 Å². The molecular weight excluding hydrogens is 323 g/mol. The number of halogens is 2. The summed E-state index contributed by atoms with van der Waals surface area (Å²) >= 11 is 3.14. The Labute approximate surface area is 127 Å². The Kier molecular flexibility index (Phi) is 4.49. The lowest BCUT2D eigenvalue weighted by molar-refractivity contribution is -0.121. The summed E-state index contributed by atoms with van der Waals surface area (Å²) < 4.78 is 14.0. The molecule has 1 aromatic carbocycles. The number of carbonyl (C=O) groups excluding carboxylic acids is 1. The van der Waals surface area contributed by atoms with Crippen molar-refractivity contribution in [1.82, 2.24) is 5.32 Å². The smallest absolute Gasteiger partial charge is 0.242 e. The van der Waals surface area contributed by atoms with Crippen molar-refractivity contribution < 1.29 is 9.18 Å². The maximum Gasteiger partial charge on any atom is 0.242 e. The number of hydrogen-bond donors (Lipinski definition) is 2. The molecular formula is C15H20BrFN2O. The molecule has 1 fully saturated rings. The van der Waals surface area contributed by atoms with Crippen molar-refractivity contribution in [3.63, 3.8) is 0 Å². The fourth-order valence-corrected chi connectivity index (χ4v) is 3.10. The van der Waals surface area contributed by atoms with Crippen molar-refractivity contribution in [1.29, 1.82) is 0 Å². The molecule has 1 saturated heterocycles. The summed E-state index contributed by atoms with van der Waals surface area (Å²) in [6.07, 6.45) is 2.08. The predicted molar refractivity (Wildman–Crippen MR) is 82.3 cm³/mol. The van der Waals surface area contributed by atoms with E-state index in [0.29, 0.717) is 10.2 Å². The summed E-state index contributed by atoms with van der Waals surface area (Å²) in [5.74, 6) is -0.471. The number of hydrogen-bond acceptors (Lipinski definition) is 2. The van der Waals surface area contributed by atoms with Gasteiger partial charge in [0.05, 0.1) is 10.5 Å². The SMILES string of the molecule is Cc1cc(Br)c(F)cc1NC(=O)C1NCCCC1(C)C. The van der Waals surface area contributed by atoms with Crippen molar-refractivity contribution in [2.24, 2.45) is 5.41 Å². The Balaban J connectivity index is 2.17. The molecule has 110 valence electrons. The van der Waals surface area contributed by atoms with Crippen LogP contribution in [-0.4, -0.2) is 18.5 Å². The third-order valence-electron chi connectivity index (χ3n) is 3.92. The van der Waals surface area contributed by atoms with Crippen molar-refractivity contribution in [2.75, 3.05) is 11.9 Å². The first kappa shape index (κ1) is 15.4. The molecule has 1 heterocycles. The van der Waals surface area contributed by atoms with Gasteiger partial charge in [-0.25, -0.2) is 4.39 Å². The fourth-order valence-electron chi connectivity index (χ4n) is 2.64. The van der Waals surface area contributed by atoms with E-state index in [1.807, 2.05) is 6.92 Å². The molecule has 2 N–H and O–H groups in total. The number of nitrogens with one attached hydrogen (secondary N) is 2. The summed E-state index contributed by atoms with van der Waals surface area (Å²) in [6, 6.07) is 2.78. The van der Waals surface area contributed by atoms with E-state index < -0.39 is 0 Å². The standard InChI is InChI=1S/C15H20BrFN2O/c1-9-7-10(16)11(17)8-12(9)19-14(20)13-15(2,3)5-4-6-18-13/h7-8,13,18H,4-6H2,1-3H3,(H,19,20). The molecule has 5 heteroatoms. The van der Waals surface area contributed by atoms with Crippen LogP contribution in [0.5, 0.6) is 0 Å². The van der Waals surface area contributed by atoms with Gasteiger partial charge in [-0.2, -0.15) is 0 Å². The van der Waals surface area contributed by atoms with E-state index in [4.69, 9.17) is 0 Å². The highest BCUT2D eigenvalue weighted by molar-refractivity contribution is 9.10. The molecule has 1 aliphatic rings. The van der Waals surface area contributed by atoms with Crippen LogP contribution in [0.15, 0.2) is 16.6 Å². The van der Waals surface area contributed by atoms with Crippen LogP contribution in [0.3, 0.4) is 0 Å². The van der Waals surface area contributed by atoms with Gasteiger partial charge in [0, 0.05) is 5.69 Å². The van der Waals surface area contributed by atoms with Crippen molar-refractivity contribution in [3.05, 3.63) is 28.0 Å². The molecule has 0 radical (unpaired) electrons. The minimum Gasteiger partial charge on any atom is -0.324 e.